The Labute approximate surface area is 195 Å². The van der Waals surface area contributed by atoms with Crippen molar-refractivity contribution in [1.29, 1.82) is 0 Å². The molecule has 5 rings (SSSR count). The van der Waals surface area contributed by atoms with Crippen LogP contribution in [-0.4, -0.2) is 35.7 Å². The van der Waals surface area contributed by atoms with E-state index < -0.39 is 22.2 Å². The summed E-state index contributed by atoms with van der Waals surface area (Å²) in [5.74, 6) is -1.32. The SMILES string of the molecule is O=C(Nn1c(-c2cccc([N+](=O)[O-])c2)nc2c(-c3ccccc3F)n[nH]c2c1=O)c1ccncc1. The van der Waals surface area contributed by atoms with Crippen LogP contribution in [0, 0.1) is 15.9 Å². The molecule has 0 atom stereocenters. The Bertz CT molecular complexity index is 1660. The van der Waals surface area contributed by atoms with Gasteiger partial charge < -0.3 is 0 Å². The van der Waals surface area contributed by atoms with Crippen molar-refractivity contribution in [2.45, 2.75) is 0 Å². The van der Waals surface area contributed by atoms with Crippen LogP contribution in [0.25, 0.3) is 33.7 Å². The molecule has 11 nitrogen and oxygen atoms in total. The van der Waals surface area contributed by atoms with E-state index in [1.54, 1.807) is 6.07 Å². The maximum absolute atomic E-state index is 14.5. The molecular weight excluding hydrogens is 457 g/mol. The van der Waals surface area contributed by atoms with Crippen LogP contribution in [0.1, 0.15) is 10.4 Å². The second-order valence-electron chi connectivity index (χ2n) is 7.34. The Balaban J connectivity index is 1.76. The highest BCUT2D eigenvalue weighted by atomic mass is 19.1. The topological polar surface area (TPSA) is 149 Å². The van der Waals surface area contributed by atoms with E-state index in [1.165, 1.54) is 67.0 Å². The number of halogens is 1. The van der Waals surface area contributed by atoms with Crippen molar-refractivity contribution in [3.05, 3.63) is 105 Å². The highest BCUT2D eigenvalue weighted by Crippen LogP contribution is 2.28. The van der Waals surface area contributed by atoms with Gasteiger partial charge in [-0.15, -0.1) is 0 Å². The van der Waals surface area contributed by atoms with Gasteiger partial charge in [0.05, 0.1) is 4.92 Å². The summed E-state index contributed by atoms with van der Waals surface area (Å²) < 4.78 is 15.4. The van der Waals surface area contributed by atoms with E-state index >= 15 is 0 Å². The summed E-state index contributed by atoms with van der Waals surface area (Å²) >= 11 is 0. The van der Waals surface area contributed by atoms with Crippen LogP contribution >= 0.6 is 0 Å². The first-order chi connectivity index (χ1) is 16.9. The van der Waals surface area contributed by atoms with Crippen LogP contribution < -0.4 is 11.0 Å². The fourth-order valence-corrected chi connectivity index (χ4v) is 3.52. The van der Waals surface area contributed by atoms with Crippen molar-refractivity contribution in [2.24, 2.45) is 0 Å². The third kappa shape index (κ3) is 3.88. The Morgan fingerprint density at radius 2 is 1.86 bits per heavy atom. The minimum Gasteiger partial charge on any atom is -0.270 e. The Hall–Kier alpha value is -5.26. The molecule has 0 saturated carbocycles. The number of H-pyrrole nitrogens is 1. The second-order valence-corrected chi connectivity index (χ2v) is 7.34. The number of amides is 1. The molecular formula is C23H14FN7O4. The minimum absolute atomic E-state index is 0.0380. The lowest BCUT2D eigenvalue weighted by Gasteiger charge is -2.14. The van der Waals surface area contributed by atoms with E-state index in [2.05, 4.69) is 25.6 Å². The number of non-ortho nitro benzene ring substituents is 1. The zero-order valence-electron chi connectivity index (χ0n) is 17.7. The van der Waals surface area contributed by atoms with Crippen LogP contribution in [0.3, 0.4) is 0 Å². The summed E-state index contributed by atoms with van der Waals surface area (Å²) in [6.07, 6.45) is 2.83. The highest BCUT2D eigenvalue weighted by Gasteiger charge is 2.22. The van der Waals surface area contributed by atoms with Gasteiger partial charge in [-0.2, -0.15) is 9.77 Å². The van der Waals surface area contributed by atoms with E-state index in [-0.39, 0.29) is 44.9 Å². The number of aromatic nitrogens is 5. The van der Waals surface area contributed by atoms with E-state index in [0.717, 1.165) is 4.68 Å². The van der Waals surface area contributed by atoms with Crippen molar-refractivity contribution in [3.8, 4) is 22.6 Å². The molecule has 12 heteroatoms. The standard InChI is InChI=1S/C23H14FN7O4/c24-17-7-2-1-6-16(17)18-19-20(28-27-18)23(33)30(29-22(32)13-8-10-25-11-9-13)21(26-19)14-4-3-5-15(12-14)31(34)35/h1-12H,(H,27,28)(H,29,32). The van der Waals surface area contributed by atoms with Crippen LogP contribution in [0.2, 0.25) is 0 Å². The Morgan fingerprint density at radius 1 is 1.09 bits per heavy atom. The molecule has 0 aliphatic rings. The number of nitro benzene ring substituents is 1. The summed E-state index contributed by atoms with van der Waals surface area (Å²) in [7, 11) is 0. The number of nitrogens with zero attached hydrogens (tertiary/aromatic N) is 5. The molecule has 2 aromatic carbocycles. The predicted molar refractivity (Wildman–Crippen MR) is 124 cm³/mol. The number of carbonyl (C=O) groups is 1. The molecule has 1 amide bonds. The van der Waals surface area contributed by atoms with Gasteiger partial charge in [0.1, 0.15) is 17.0 Å². The lowest BCUT2D eigenvalue weighted by Crippen LogP contribution is -2.35. The number of hydrogen-bond acceptors (Lipinski definition) is 7. The molecule has 0 fully saturated rings. The summed E-state index contributed by atoms with van der Waals surface area (Å²) in [5.41, 5.74) is 2.01. The van der Waals surface area contributed by atoms with Gasteiger partial charge in [-0.3, -0.25) is 35.2 Å². The Kier molecular flexibility index (Phi) is 5.30. The van der Waals surface area contributed by atoms with Crippen LogP contribution in [0.5, 0.6) is 0 Å². The van der Waals surface area contributed by atoms with E-state index in [9.17, 15) is 24.1 Å². The van der Waals surface area contributed by atoms with Gasteiger partial charge in [0.2, 0.25) is 0 Å². The number of nitro groups is 1. The van der Waals surface area contributed by atoms with Crippen LogP contribution in [-0.2, 0) is 0 Å². The first kappa shape index (κ1) is 21.6. The van der Waals surface area contributed by atoms with E-state index in [4.69, 9.17) is 0 Å². The number of carbonyl (C=O) groups excluding carboxylic acids is 1. The number of hydrogen-bond donors (Lipinski definition) is 2. The monoisotopic (exact) mass is 471 g/mol. The summed E-state index contributed by atoms with van der Waals surface area (Å²) in [5, 5.41) is 18.0. The van der Waals surface area contributed by atoms with Crippen molar-refractivity contribution >= 4 is 22.6 Å². The molecule has 0 radical (unpaired) electrons. The first-order valence-corrected chi connectivity index (χ1v) is 10.2. The van der Waals surface area contributed by atoms with Gasteiger partial charge >= 0.3 is 0 Å². The van der Waals surface area contributed by atoms with Crippen molar-refractivity contribution in [3.63, 3.8) is 0 Å². The fourth-order valence-electron chi connectivity index (χ4n) is 3.52. The zero-order valence-corrected chi connectivity index (χ0v) is 17.7. The largest absolute Gasteiger partial charge is 0.298 e. The fraction of sp³-hybridized carbons (Fsp3) is 0. The smallest absolute Gasteiger partial charge is 0.270 e. The molecule has 0 spiro atoms. The van der Waals surface area contributed by atoms with Gasteiger partial charge in [-0.05, 0) is 24.3 Å². The third-order valence-electron chi connectivity index (χ3n) is 5.19. The maximum Gasteiger partial charge on any atom is 0.298 e. The molecule has 5 aromatic rings. The van der Waals surface area contributed by atoms with Crippen molar-refractivity contribution in [1.82, 2.24) is 24.8 Å². The number of pyridine rings is 1. The maximum atomic E-state index is 14.5. The minimum atomic E-state index is -0.742. The molecule has 0 aliphatic heterocycles. The highest BCUT2D eigenvalue weighted by molar-refractivity contribution is 6.00. The number of nitrogens with one attached hydrogen (secondary N) is 2. The van der Waals surface area contributed by atoms with Gasteiger partial charge in [-0.1, -0.05) is 24.3 Å². The van der Waals surface area contributed by atoms with Gasteiger partial charge in [-0.25, -0.2) is 9.37 Å². The van der Waals surface area contributed by atoms with E-state index in [0.29, 0.717) is 0 Å². The first-order valence-electron chi connectivity index (χ1n) is 10.2. The number of aromatic amines is 1. The zero-order chi connectivity index (χ0) is 24.5. The molecule has 3 heterocycles. The summed E-state index contributed by atoms with van der Waals surface area (Å²) in [4.78, 5) is 45.3. The van der Waals surface area contributed by atoms with Crippen LogP contribution in [0.15, 0.2) is 77.9 Å². The molecule has 0 bridgehead atoms. The normalized spacial score (nSPS) is 10.9. The summed E-state index contributed by atoms with van der Waals surface area (Å²) in [6, 6.07) is 14.2. The molecule has 35 heavy (non-hydrogen) atoms. The lowest BCUT2D eigenvalue weighted by molar-refractivity contribution is -0.384. The molecule has 0 unspecified atom stereocenters. The molecule has 0 aliphatic carbocycles. The van der Waals surface area contributed by atoms with Crippen LogP contribution in [0.4, 0.5) is 10.1 Å². The number of benzene rings is 2. The molecule has 2 N–H and O–H groups in total. The van der Waals surface area contributed by atoms with Gasteiger partial charge in [0, 0.05) is 41.2 Å². The third-order valence-corrected chi connectivity index (χ3v) is 5.19. The Morgan fingerprint density at radius 3 is 2.60 bits per heavy atom. The average molecular weight is 471 g/mol. The van der Waals surface area contributed by atoms with E-state index in [1.807, 2.05) is 0 Å². The average Bonchev–Trinajstić information content (AvgIpc) is 3.30. The second kappa shape index (κ2) is 8.59. The van der Waals surface area contributed by atoms with Crippen molar-refractivity contribution < 1.29 is 14.1 Å². The quantitative estimate of drug-likeness (QED) is 0.295. The predicted octanol–water partition coefficient (Wildman–Crippen LogP) is 3.28. The number of rotatable bonds is 5. The number of fused-ring (bicyclic) bond motifs is 1. The van der Waals surface area contributed by atoms with Gasteiger partial charge in [0.15, 0.2) is 11.3 Å². The summed E-state index contributed by atoms with van der Waals surface area (Å²) in [6.45, 7) is 0. The molecule has 0 saturated heterocycles. The van der Waals surface area contributed by atoms with Gasteiger partial charge in [0.25, 0.3) is 17.2 Å². The lowest BCUT2D eigenvalue weighted by atomic mass is 10.1. The molecule has 172 valence electrons. The van der Waals surface area contributed by atoms with Crippen molar-refractivity contribution in [2.75, 3.05) is 5.43 Å². The molecule has 3 aromatic heterocycles.